The molecule has 0 aliphatic heterocycles. The Balaban J connectivity index is 2.82. The molecule has 0 aromatic heterocycles. The van der Waals surface area contributed by atoms with Crippen LogP contribution in [0, 0.1) is 0 Å². The van der Waals surface area contributed by atoms with Gasteiger partial charge in [0.1, 0.15) is 0 Å². The van der Waals surface area contributed by atoms with Crippen molar-refractivity contribution in [3.8, 4) is 0 Å². The van der Waals surface area contributed by atoms with Crippen molar-refractivity contribution in [2.75, 3.05) is 0 Å². The number of fused-ring (bicyclic) bond motifs is 1. The van der Waals surface area contributed by atoms with Gasteiger partial charge in [-0.05, 0) is 23.6 Å². The molecule has 92 valence electrons. The van der Waals surface area contributed by atoms with Crippen molar-refractivity contribution < 1.29 is 19.8 Å². The van der Waals surface area contributed by atoms with Crippen molar-refractivity contribution >= 4 is 45.9 Å². The van der Waals surface area contributed by atoms with Gasteiger partial charge in [-0.25, -0.2) is 9.59 Å². The van der Waals surface area contributed by atoms with Gasteiger partial charge in [-0.15, -0.1) is 0 Å². The maximum absolute atomic E-state index is 11.0. The van der Waals surface area contributed by atoms with Gasteiger partial charge < -0.3 is 10.2 Å². The van der Waals surface area contributed by atoms with Gasteiger partial charge in [0.05, 0.1) is 21.2 Å². The van der Waals surface area contributed by atoms with Gasteiger partial charge in [0, 0.05) is 5.39 Å². The Hall–Kier alpha value is -1.78. The zero-order valence-corrected chi connectivity index (χ0v) is 10.3. The standard InChI is InChI=1S/C12H6Cl2O4/c13-8-4-6-3-5(11(15)16)1-2-7(6)10(14)9(8)12(17)18/h1-4H,(H,15,16)(H,17,18). The molecule has 6 heteroatoms. The molecule has 0 heterocycles. The van der Waals surface area contributed by atoms with Crippen LogP contribution < -0.4 is 0 Å². The summed E-state index contributed by atoms with van der Waals surface area (Å²) < 4.78 is 0. The molecule has 0 bridgehead atoms. The fourth-order valence-electron chi connectivity index (χ4n) is 1.66. The summed E-state index contributed by atoms with van der Waals surface area (Å²) in [7, 11) is 0. The minimum Gasteiger partial charge on any atom is -0.478 e. The summed E-state index contributed by atoms with van der Waals surface area (Å²) >= 11 is 11.8. The number of benzene rings is 2. The molecule has 2 aromatic rings. The first-order valence-corrected chi connectivity index (χ1v) is 5.55. The third-order valence-electron chi connectivity index (χ3n) is 2.49. The van der Waals surface area contributed by atoms with E-state index in [2.05, 4.69) is 0 Å². The number of carboxylic acids is 2. The van der Waals surface area contributed by atoms with Crippen LogP contribution in [0.3, 0.4) is 0 Å². The number of hydrogen-bond acceptors (Lipinski definition) is 2. The highest BCUT2D eigenvalue weighted by Gasteiger charge is 2.17. The van der Waals surface area contributed by atoms with Crippen LogP contribution in [0.4, 0.5) is 0 Å². The summed E-state index contributed by atoms with van der Waals surface area (Å²) in [5.74, 6) is -2.30. The van der Waals surface area contributed by atoms with Crippen LogP contribution in [0.5, 0.6) is 0 Å². The summed E-state index contributed by atoms with van der Waals surface area (Å²) in [4.78, 5) is 21.8. The van der Waals surface area contributed by atoms with Crippen LogP contribution in [-0.4, -0.2) is 22.2 Å². The summed E-state index contributed by atoms with van der Waals surface area (Å²) in [5.41, 5.74) is -0.105. The number of aromatic carboxylic acids is 2. The molecule has 2 rings (SSSR count). The lowest BCUT2D eigenvalue weighted by atomic mass is 10.0. The SMILES string of the molecule is O=C(O)c1ccc2c(Cl)c(C(=O)O)c(Cl)cc2c1. The zero-order valence-electron chi connectivity index (χ0n) is 8.78. The highest BCUT2D eigenvalue weighted by molar-refractivity contribution is 6.43. The average molecular weight is 285 g/mol. The fraction of sp³-hybridized carbons (Fsp3) is 0. The van der Waals surface area contributed by atoms with Gasteiger partial charge in [0.15, 0.2) is 0 Å². The normalized spacial score (nSPS) is 10.6. The van der Waals surface area contributed by atoms with E-state index in [4.69, 9.17) is 33.4 Å². The smallest absolute Gasteiger partial charge is 0.338 e. The molecule has 0 saturated heterocycles. The first kappa shape index (κ1) is 12.7. The first-order chi connectivity index (χ1) is 8.41. The number of carbonyl (C=O) groups is 2. The fourth-order valence-corrected chi connectivity index (χ4v) is 2.36. The molecule has 0 atom stereocenters. The second kappa shape index (κ2) is 4.48. The van der Waals surface area contributed by atoms with Gasteiger partial charge in [-0.3, -0.25) is 0 Å². The average Bonchev–Trinajstić information content (AvgIpc) is 2.27. The third kappa shape index (κ3) is 2.00. The number of hydrogen-bond donors (Lipinski definition) is 2. The van der Waals surface area contributed by atoms with E-state index in [1.54, 1.807) is 0 Å². The van der Waals surface area contributed by atoms with Gasteiger partial charge in [-0.2, -0.15) is 0 Å². The van der Waals surface area contributed by atoms with Crippen LogP contribution in [0.15, 0.2) is 24.3 Å². The molecule has 0 aliphatic rings. The lowest BCUT2D eigenvalue weighted by Gasteiger charge is -2.07. The predicted octanol–water partition coefficient (Wildman–Crippen LogP) is 3.54. The molecule has 0 radical (unpaired) electrons. The van der Waals surface area contributed by atoms with E-state index in [1.807, 2.05) is 0 Å². The second-order valence-electron chi connectivity index (χ2n) is 3.59. The molecule has 4 nitrogen and oxygen atoms in total. The Labute approximate surface area is 111 Å². The topological polar surface area (TPSA) is 74.6 Å². The van der Waals surface area contributed by atoms with Crippen molar-refractivity contribution in [2.45, 2.75) is 0 Å². The number of halogens is 2. The highest BCUT2D eigenvalue weighted by atomic mass is 35.5. The summed E-state index contributed by atoms with van der Waals surface area (Å²) in [5, 5.41) is 18.8. The molecular formula is C12H6Cl2O4. The third-order valence-corrected chi connectivity index (χ3v) is 3.18. The molecule has 0 fully saturated rings. The minimum atomic E-state index is -1.23. The predicted molar refractivity (Wildman–Crippen MR) is 67.9 cm³/mol. The Morgan fingerprint density at radius 3 is 2.22 bits per heavy atom. The summed E-state index contributed by atoms with van der Waals surface area (Å²) in [6, 6.07) is 5.60. The van der Waals surface area contributed by atoms with Crippen molar-refractivity contribution in [1.29, 1.82) is 0 Å². The molecular weight excluding hydrogens is 279 g/mol. The quantitative estimate of drug-likeness (QED) is 0.884. The van der Waals surface area contributed by atoms with Crippen LogP contribution in [0.1, 0.15) is 20.7 Å². The van der Waals surface area contributed by atoms with E-state index in [1.165, 1.54) is 24.3 Å². The Kier molecular flexibility index (Phi) is 3.15. The number of carboxylic acid groups (broad SMARTS) is 2. The van der Waals surface area contributed by atoms with Crippen LogP contribution in [0.25, 0.3) is 10.8 Å². The van der Waals surface area contributed by atoms with Crippen LogP contribution >= 0.6 is 23.2 Å². The van der Waals surface area contributed by atoms with E-state index in [0.717, 1.165) is 0 Å². The van der Waals surface area contributed by atoms with Crippen LogP contribution in [-0.2, 0) is 0 Å². The second-order valence-corrected chi connectivity index (χ2v) is 4.38. The maximum Gasteiger partial charge on any atom is 0.338 e. The molecule has 0 saturated carbocycles. The van der Waals surface area contributed by atoms with E-state index < -0.39 is 11.9 Å². The lowest BCUT2D eigenvalue weighted by molar-refractivity contribution is 0.0686. The Morgan fingerprint density at radius 1 is 1.00 bits per heavy atom. The van der Waals surface area contributed by atoms with Crippen molar-refractivity contribution in [1.82, 2.24) is 0 Å². The molecule has 0 aliphatic carbocycles. The van der Waals surface area contributed by atoms with Crippen LogP contribution in [0.2, 0.25) is 10.0 Å². The van der Waals surface area contributed by atoms with E-state index in [9.17, 15) is 9.59 Å². The minimum absolute atomic E-state index is 0.00180. The van der Waals surface area contributed by atoms with Gasteiger partial charge in [0.2, 0.25) is 0 Å². The van der Waals surface area contributed by atoms with Crippen molar-refractivity contribution in [3.05, 3.63) is 45.4 Å². The van der Waals surface area contributed by atoms with Crippen molar-refractivity contribution in [2.24, 2.45) is 0 Å². The Morgan fingerprint density at radius 2 is 1.67 bits per heavy atom. The first-order valence-electron chi connectivity index (χ1n) is 4.80. The van der Waals surface area contributed by atoms with Gasteiger partial charge >= 0.3 is 11.9 Å². The molecule has 0 unspecified atom stereocenters. The highest BCUT2D eigenvalue weighted by Crippen LogP contribution is 2.33. The van der Waals surface area contributed by atoms with E-state index >= 15 is 0 Å². The largest absolute Gasteiger partial charge is 0.478 e. The van der Waals surface area contributed by atoms with Gasteiger partial charge in [-0.1, -0.05) is 29.3 Å². The van der Waals surface area contributed by atoms with Gasteiger partial charge in [0.25, 0.3) is 0 Å². The Bertz CT molecular complexity index is 679. The molecule has 0 spiro atoms. The summed E-state index contributed by atoms with van der Waals surface area (Å²) in [6.07, 6.45) is 0. The summed E-state index contributed by atoms with van der Waals surface area (Å²) in [6.45, 7) is 0. The van der Waals surface area contributed by atoms with E-state index in [-0.39, 0.29) is 21.2 Å². The van der Waals surface area contributed by atoms with Crippen molar-refractivity contribution in [3.63, 3.8) is 0 Å². The van der Waals surface area contributed by atoms with E-state index in [0.29, 0.717) is 10.8 Å². The lowest BCUT2D eigenvalue weighted by Crippen LogP contribution is -2.00. The monoisotopic (exact) mass is 284 g/mol. The molecule has 2 N–H and O–H groups in total. The molecule has 0 amide bonds. The zero-order chi connectivity index (χ0) is 13.4. The molecule has 2 aromatic carbocycles. The maximum atomic E-state index is 11.0. The number of rotatable bonds is 2. The molecule has 18 heavy (non-hydrogen) atoms.